The number of anilines is 1. The van der Waals surface area contributed by atoms with Crippen molar-refractivity contribution in [2.24, 2.45) is 11.8 Å². The van der Waals surface area contributed by atoms with Crippen LogP contribution in [0, 0.1) is 29.3 Å². The number of fused-ring (bicyclic) bond motifs is 2. The van der Waals surface area contributed by atoms with E-state index in [1.165, 1.54) is 12.1 Å². The lowest BCUT2D eigenvalue weighted by atomic mass is 9.70. The molecule has 1 amide bonds. The number of benzene rings is 2. The Kier molecular flexibility index (Phi) is 8.07. The number of hydrogen-bond donors (Lipinski definition) is 3. The van der Waals surface area contributed by atoms with Gasteiger partial charge in [0.05, 0.1) is 15.2 Å². The molecule has 2 fully saturated rings. The first-order chi connectivity index (χ1) is 19.7. The number of pyridine rings is 1. The van der Waals surface area contributed by atoms with Gasteiger partial charge in [0.1, 0.15) is 28.9 Å². The third-order valence-electron chi connectivity index (χ3n) is 8.20. The van der Waals surface area contributed by atoms with Gasteiger partial charge in [-0.3, -0.25) is 4.79 Å². The maximum atomic E-state index is 14.5. The third kappa shape index (κ3) is 5.27. The summed E-state index contributed by atoms with van der Waals surface area (Å²) in [6.45, 7) is 0. The summed E-state index contributed by atoms with van der Waals surface area (Å²) in [4.78, 5) is 15.9. The number of sulfone groups is 1. The minimum absolute atomic E-state index is 0.0648. The van der Waals surface area contributed by atoms with E-state index < -0.39 is 79.8 Å². The number of hydrogen-bond acceptors (Lipinski definition) is 6. The lowest BCUT2D eigenvalue weighted by molar-refractivity contribution is -0.147. The summed E-state index contributed by atoms with van der Waals surface area (Å²) in [5.74, 6) is -5.89. The Morgan fingerprint density at radius 2 is 1.62 bits per heavy atom. The fourth-order valence-corrected chi connectivity index (χ4v) is 8.47. The molecular weight excluding hydrogens is 607 g/mol. The van der Waals surface area contributed by atoms with E-state index in [1.54, 1.807) is 0 Å². The van der Waals surface area contributed by atoms with Gasteiger partial charge in [0.15, 0.2) is 21.5 Å². The van der Waals surface area contributed by atoms with Crippen molar-refractivity contribution in [3.05, 3.63) is 88.0 Å². The molecule has 2 bridgehead atoms. The highest BCUT2D eigenvalue weighted by molar-refractivity contribution is 7.92. The average Bonchev–Trinajstić information content (AvgIpc) is 3.10. The van der Waals surface area contributed by atoms with Crippen LogP contribution in [0.5, 0.6) is 0 Å². The second kappa shape index (κ2) is 11.2. The maximum absolute atomic E-state index is 14.5. The number of aliphatic hydroxyl groups excluding tert-OH is 1. The van der Waals surface area contributed by atoms with E-state index in [0.717, 1.165) is 36.4 Å². The van der Waals surface area contributed by atoms with Crippen LogP contribution < -0.4 is 5.32 Å². The summed E-state index contributed by atoms with van der Waals surface area (Å²) in [5, 5.41) is 23.7. The van der Waals surface area contributed by atoms with Crippen LogP contribution in [0.1, 0.15) is 60.0 Å². The molecule has 3 N–H and O–H groups in total. The van der Waals surface area contributed by atoms with Crippen LogP contribution in [0.4, 0.5) is 27.6 Å². The quantitative estimate of drug-likeness (QED) is 0.286. The van der Waals surface area contributed by atoms with Gasteiger partial charge in [-0.25, -0.2) is 35.4 Å². The number of carbonyl (C=O) groups excluding carboxylic acids is 1. The van der Waals surface area contributed by atoms with E-state index in [1.807, 2.05) is 0 Å². The number of nitrogens with zero attached hydrogens (tertiary/aromatic N) is 1. The molecule has 2 aliphatic carbocycles. The van der Waals surface area contributed by atoms with Crippen molar-refractivity contribution < 1.29 is 45.4 Å². The standard InChI is InChI=1S/C28H24ClF5N2O5S/c29-18-5-1-13(27(38)35-16-4-6-19(30)21(32)12-16)9-23(18)42(40,41)17-10-14-2-3-15(11-17)28(14,39)25(37)24-20(31)7-8-22(36-24)26(33)34/h1,4-9,12,14-15,17,25-26,37,39H,2-3,10-11H2,(H,35,38)/t14-,15?,17-,25?,28-/m0/s1. The molecule has 5 rings (SSSR count). The van der Waals surface area contributed by atoms with Gasteiger partial charge in [0.25, 0.3) is 12.3 Å². The molecule has 2 unspecified atom stereocenters. The monoisotopic (exact) mass is 630 g/mol. The number of aliphatic hydroxyl groups is 2. The lowest BCUT2D eigenvalue weighted by Crippen LogP contribution is -2.52. The molecule has 2 saturated carbocycles. The van der Waals surface area contributed by atoms with Gasteiger partial charge >= 0.3 is 0 Å². The molecule has 0 aliphatic heterocycles. The molecule has 42 heavy (non-hydrogen) atoms. The van der Waals surface area contributed by atoms with Gasteiger partial charge in [-0.15, -0.1) is 0 Å². The highest BCUT2D eigenvalue weighted by Gasteiger charge is 2.60. The summed E-state index contributed by atoms with van der Waals surface area (Å²) in [7, 11) is -4.23. The van der Waals surface area contributed by atoms with Gasteiger partial charge in [-0.1, -0.05) is 11.6 Å². The van der Waals surface area contributed by atoms with Crippen molar-refractivity contribution in [1.29, 1.82) is 0 Å². The molecule has 7 nitrogen and oxygen atoms in total. The van der Waals surface area contributed by atoms with Crippen molar-refractivity contribution in [3.63, 3.8) is 0 Å². The first-order valence-corrected chi connectivity index (χ1v) is 14.8. The Morgan fingerprint density at radius 1 is 0.976 bits per heavy atom. The molecule has 1 aromatic heterocycles. The third-order valence-corrected chi connectivity index (χ3v) is 10.9. The van der Waals surface area contributed by atoms with Crippen molar-refractivity contribution in [2.45, 2.75) is 54.0 Å². The minimum atomic E-state index is -4.23. The largest absolute Gasteiger partial charge is 0.386 e. The molecule has 1 heterocycles. The van der Waals surface area contributed by atoms with Crippen LogP contribution in [0.25, 0.3) is 0 Å². The zero-order valence-corrected chi connectivity index (χ0v) is 23.1. The van der Waals surface area contributed by atoms with Crippen molar-refractivity contribution in [3.8, 4) is 0 Å². The molecule has 0 radical (unpaired) electrons. The second-order valence-corrected chi connectivity index (χ2v) is 13.1. The van der Waals surface area contributed by atoms with Gasteiger partial charge in [-0.2, -0.15) is 0 Å². The maximum Gasteiger partial charge on any atom is 0.280 e. The first kappa shape index (κ1) is 30.3. The van der Waals surface area contributed by atoms with Crippen molar-refractivity contribution in [1.82, 2.24) is 4.98 Å². The van der Waals surface area contributed by atoms with Gasteiger partial charge < -0.3 is 15.5 Å². The number of nitrogens with one attached hydrogen (secondary N) is 1. The van der Waals surface area contributed by atoms with Gasteiger partial charge in [-0.05, 0) is 80.0 Å². The summed E-state index contributed by atoms with van der Waals surface area (Å²) in [5.41, 5.74) is -3.73. The first-order valence-electron chi connectivity index (χ1n) is 12.9. The highest BCUT2D eigenvalue weighted by atomic mass is 35.5. The minimum Gasteiger partial charge on any atom is -0.386 e. The smallest absolute Gasteiger partial charge is 0.280 e. The SMILES string of the molecule is O=C(Nc1ccc(F)c(F)c1)c1ccc(Cl)c(S(=O)(=O)[C@@H]2CC3CC[C@@H](C2)[C@@]3(O)C(O)c2nc(C(F)F)ccc2F)c1. The molecule has 0 saturated heterocycles. The Labute approximate surface area is 242 Å². The van der Waals surface area contributed by atoms with Gasteiger partial charge in [0, 0.05) is 17.3 Å². The zero-order chi connectivity index (χ0) is 30.6. The Balaban J connectivity index is 1.40. The normalized spacial score (nSPS) is 24.5. The molecule has 2 aliphatic rings. The fourth-order valence-electron chi connectivity index (χ4n) is 6.07. The molecule has 5 atom stereocenters. The molecular formula is C28H24ClF5N2O5S. The Morgan fingerprint density at radius 3 is 2.24 bits per heavy atom. The van der Waals surface area contributed by atoms with Crippen LogP contribution in [0.15, 0.2) is 53.4 Å². The van der Waals surface area contributed by atoms with Gasteiger partial charge in [0.2, 0.25) is 0 Å². The number of aromatic nitrogens is 1. The Bertz CT molecular complexity index is 1640. The summed E-state index contributed by atoms with van der Waals surface area (Å²) in [6.07, 6.45) is -4.78. The molecule has 2 aromatic carbocycles. The predicted octanol–water partition coefficient (Wildman–Crippen LogP) is 5.77. The second-order valence-electron chi connectivity index (χ2n) is 10.5. The molecule has 3 aromatic rings. The van der Waals surface area contributed by atoms with Crippen LogP contribution in [0.2, 0.25) is 5.02 Å². The summed E-state index contributed by atoms with van der Waals surface area (Å²) >= 11 is 6.23. The number of halogens is 6. The van der Waals surface area contributed by atoms with Crippen LogP contribution in [-0.2, 0) is 9.84 Å². The average molecular weight is 631 g/mol. The van der Waals surface area contributed by atoms with E-state index >= 15 is 0 Å². The van der Waals surface area contributed by atoms with E-state index in [2.05, 4.69) is 10.3 Å². The topological polar surface area (TPSA) is 117 Å². The zero-order valence-electron chi connectivity index (χ0n) is 21.6. The molecule has 0 spiro atoms. The predicted molar refractivity (Wildman–Crippen MR) is 141 cm³/mol. The summed E-state index contributed by atoms with van der Waals surface area (Å²) in [6, 6.07) is 7.72. The number of rotatable bonds is 7. The Hall–Kier alpha value is -3.13. The number of alkyl halides is 2. The van der Waals surface area contributed by atoms with E-state index in [4.69, 9.17) is 11.6 Å². The highest BCUT2D eigenvalue weighted by Crippen LogP contribution is 2.56. The number of carbonyl (C=O) groups is 1. The van der Waals surface area contributed by atoms with Crippen molar-refractivity contribution >= 4 is 33.0 Å². The molecule has 14 heteroatoms. The van der Waals surface area contributed by atoms with E-state index in [9.17, 15) is 45.4 Å². The number of amides is 1. The van der Waals surface area contributed by atoms with E-state index in [0.29, 0.717) is 0 Å². The lowest BCUT2D eigenvalue weighted by Gasteiger charge is -2.45. The van der Waals surface area contributed by atoms with Crippen molar-refractivity contribution in [2.75, 3.05) is 5.32 Å². The van der Waals surface area contributed by atoms with E-state index in [-0.39, 0.29) is 46.9 Å². The van der Waals surface area contributed by atoms with Crippen LogP contribution in [-0.4, -0.2) is 40.4 Å². The summed E-state index contributed by atoms with van der Waals surface area (Å²) < 4.78 is 95.2. The fraction of sp³-hybridized carbons (Fsp3) is 0.357. The van der Waals surface area contributed by atoms with Crippen LogP contribution >= 0.6 is 11.6 Å². The van der Waals surface area contributed by atoms with Crippen LogP contribution in [0.3, 0.4) is 0 Å². The molecule has 224 valence electrons.